The molecule has 0 spiro atoms. The Morgan fingerprint density at radius 2 is 2.36 bits per heavy atom. The molecule has 0 fully saturated rings. The fourth-order valence-corrected chi connectivity index (χ4v) is 1.88. The zero-order chi connectivity index (χ0) is 7.90. The summed E-state index contributed by atoms with van der Waals surface area (Å²) in [6, 6.07) is 0. The van der Waals surface area contributed by atoms with Gasteiger partial charge in [-0.1, -0.05) is 19.1 Å². The van der Waals surface area contributed by atoms with Gasteiger partial charge < -0.3 is 0 Å². The van der Waals surface area contributed by atoms with Crippen molar-refractivity contribution >= 4 is 5.78 Å². The molecule has 2 aliphatic rings. The first-order valence-corrected chi connectivity index (χ1v) is 4.12. The number of allylic oxidation sites excluding steroid dienone is 4. The van der Waals surface area contributed by atoms with Crippen molar-refractivity contribution < 1.29 is 4.79 Å². The van der Waals surface area contributed by atoms with E-state index >= 15 is 0 Å². The summed E-state index contributed by atoms with van der Waals surface area (Å²) in [5.41, 5.74) is 1.54. The lowest BCUT2D eigenvalue weighted by molar-refractivity contribution is -0.115. The number of ketones is 1. The van der Waals surface area contributed by atoms with Gasteiger partial charge in [0, 0.05) is 6.42 Å². The van der Waals surface area contributed by atoms with Crippen molar-refractivity contribution in [2.24, 2.45) is 5.41 Å². The lowest BCUT2D eigenvalue weighted by Crippen LogP contribution is -2.20. The lowest BCUT2D eigenvalue weighted by Gasteiger charge is -2.28. The van der Waals surface area contributed by atoms with E-state index in [9.17, 15) is 4.79 Å². The van der Waals surface area contributed by atoms with Crippen LogP contribution in [-0.2, 0) is 4.79 Å². The SMILES string of the molecule is C[C@@]12CC=CC1=CC(=O)CC2. The van der Waals surface area contributed by atoms with E-state index in [1.807, 2.05) is 6.08 Å². The third kappa shape index (κ3) is 0.953. The first kappa shape index (κ1) is 6.84. The highest BCUT2D eigenvalue weighted by molar-refractivity contribution is 5.92. The summed E-state index contributed by atoms with van der Waals surface area (Å²) >= 11 is 0. The molecule has 0 heterocycles. The Hall–Kier alpha value is -0.850. The van der Waals surface area contributed by atoms with Gasteiger partial charge in [0.25, 0.3) is 0 Å². The van der Waals surface area contributed by atoms with E-state index in [-0.39, 0.29) is 0 Å². The van der Waals surface area contributed by atoms with Crippen LogP contribution in [0, 0.1) is 5.41 Å². The van der Waals surface area contributed by atoms with Crippen molar-refractivity contribution in [3.63, 3.8) is 0 Å². The number of carbonyl (C=O) groups is 1. The van der Waals surface area contributed by atoms with Gasteiger partial charge in [0.2, 0.25) is 0 Å². The maximum absolute atomic E-state index is 11.0. The largest absolute Gasteiger partial charge is 0.295 e. The summed E-state index contributed by atoms with van der Waals surface area (Å²) in [6.07, 6.45) is 8.97. The molecule has 0 aromatic carbocycles. The second-order valence-corrected chi connectivity index (χ2v) is 3.73. The van der Waals surface area contributed by atoms with Crippen LogP contribution in [0.2, 0.25) is 0 Å². The van der Waals surface area contributed by atoms with Gasteiger partial charge in [-0.15, -0.1) is 0 Å². The number of carbonyl (C=O) groups excluding carboxylic acids is 1. The Labute approximate surface area is 66.8 Å². The van der Waals surface area contributed by atoms with Crippen LogP contribution in [0.3, 0.4) is 0 Å². The first-order valence-electron chi connectivity index (χ1n) is 4.12. The molecule has 0 aliphatic heterocycles. The van der Waals surface area contributed by atoms with E-state index < -0.39 is 0 Å². The van der Waals surface area contributed by atoms with Crippen LogP contribution in [0.15, 0.2) is 23.8 Å². The fraction of sp³-hybridized carbons (Fsp3) is 0.500. The second kappa shape index (κ2) is 2.07. The average Bonchev–Trinajstić information content (AvgIpc) is 2.31. The molecule has 0 N–H and O–H groups in total. The van der Waals surface area contributed by atoms with Crippen molar-refractivity contribution in [2.75, 3.05) is 0 Å². The van der Waals surface area contributed by atoms with Crippen LogP contribution in [0.4, 0.5) is 0 Å². The maximum Gasteiger partial charge on any atom is 0.156 e. The molecule has 0 radical (unpaired) electrons. The molecule has 2 rings (SSSR count). The quantitative estimate of drug-likeness (QED) is 0.515. The normalized spacial score (nSPS) is 35.4. The molecule has 0 saturated carbocycles. The predicted octanol–water partition coefficient (Wildman–Crippen LogP) is 2.24. The molecule has 0 bridgehead atoms. The summed E-state index contributed by atoms with van der Waals surface area (Å²) in [5, 5.41) is 0. The van der Waals surface area contributed by atoms with Gasteiger partial charge in [0.1, 0.15) is 0 Å². The number of hydrogen-bond donors (Lipinski definition) is 0. The van der Waals surface area contributed by atoms with Gasteiger partial charge in [-0.05, 0) is 29.9 Å². The Kier molecular flexibility index (Phi) is 1.28. The zero-order valence-electron chi connectivity index (χ0n) is 6.76. The van der Waals surface area contributed by atoms with Gasteiger partial charge in [0.05, 0.1) is 0 Å². The molecule has 2 aliphatic carbocycles. The summed E-state index contributed by atoms with van der Waals surface area (Å²) in [6.45, 7) is 2.24. The van der Waals surface area contributed by atoms with Gasteiger partial charge in [-0.25, -0.2) is 0 Å². The molecule has 0 saturated heterocycles. The van der Waals surface area contributed by atoms with Crippen LogP contribution in [0.1, 0.15) is 26.2 Å². The van der Waals surface area contributed by atoms with Crippen LogP contribution in [0.5, 0.6) is 0 Å². The Balaban J connectivity index is 2.40. The summed E-state index contributed by atoms with van der Waals surface area (Å²) in [4.78, 5) is 11.0. The van der Waals surface area contributed by atoms with E-state index in [4.69, 9.17) is 0 Å². The van der Waals surface area contributed by atoms with Crippen LogP contribution < -0.4 is 0 Å². The minimum Gasteiger partial charge on any atom is -0.295 e. The molecule has 1 heteroatoms. The van der Waals surface area contributed by atoms with Crippen molar-refractivity contribution in [3.05, 3.63) is 23.8 Å². The van der Waals surface area contributed by atoms with Gasteiger partial charge in [-0.3, -0.25) is 4.79 Å². The minimum absolute atomic E-state index is 0.295. The van der Waals surface area contributed by atoms with Crippen LogP contribution in [0.25, 0.3) is 0 Å². The summed E-state index contributed by atoms with van der Waals surface area (Å²) < 4.78 is 0. The third-order valence-corrected chi connectivity index (χ3v) is 2.80. The molecule has 11 heavy (non-hydrogen) atoms. The van der Waals surface area contributed by atoms with E-state index in [1.54, 1.807) is 0 Å². The number of hydrogen-bond acceptors (Lipinski definition) is 1. The standard InChI is InChI=1S/C10H12O/c1-10-5-2-3-8(10)7-9(11)4-6-10/h2-3,7H,4-6H2,1H3/t10-/m0/s1. The Bertz CT molecular complexity index is 260. The Morgan fingerprint density at radius 1 is 1.55 bits per heavy atom. The van der Waals surface area contributed by atoms with E-state index in [1.165, 1.54) is 5.57 Å². The number of rotatable bonds is 0. The highest BCUT2D eigenvalue weighted by atomic mass is 16.1. The molecule has 0 aromatic heterocycles. The van der Waals surface area contributed by atoms with Crippen LogP contribution >= 0.6 is 0 Å². The summed E-state index contributed by atoms with van der Waals surface area (Å²) in [5.74, 6) is 0.295. The Morgan fingerprint density at radius 3 is 3.18 bits per heavy atom. The van der Waals surface area contributed by atoms with E-state index in [0.717, 1.165) is 19.3 Å². The molecule has 1 atom stereocenters. The highest BCUT2D eigenvalue weighted by Gasteiger charge is 2.33. The third-order valence-electron chi connectivity index (χ3n) is 2.80. The molecular weight excluding hydrogens is 136 g/mol. The first-order chi connectivity index (χ1) is 5.21. The fourth-order valence-electron chi connectivity index (χ4n) is 1.88. The molecule has 58 valence electrons. The smallest absolute Gasteiger partial charge is 0.156 e. The number of fused-ring (bicyclic) bond motifs is 1. The van der Waals surface area contributed by atoms with Crippen molar-refractivity contribution in [1.82, 2.24) is 0 Å². The molecular formula is C10H12O. The predicted molar refractivity (Wildman–Crippen MR) is 44.2 cm³/mol. The van der Waals surface area contributed by atoms with E-state index in [2.05, 4.69) is 19.1 Å². The monoisotopic (exact) mass is 148 g/mol. The maximum atomic E-state index is 11.0. The van der Waals surface area contributed by atoms with Crippen molar-refractivity contribution in [1.29, 1.82) is 0 Å². The molecule has 0 amide bonds. The molecule has 0 unspecified atom stereocenters. The highest BCUT2D eigenvalue weighted by Crippen LogP contribution is 2.44. The van der Waals surface area contributed by atoms with Gasteiger partial charge in [0.15, 0.2) is 5.78 Å². The average molecular weight is 148 g/mol. The zero-order valence-corrected chi connectivity index (χ0v) is 6.76. The molecule has 1 nitrogen and oxygen atoms in total. The van der Waals surface area contributed by atoms with Gasteiger partial charge in [-0.2, -0.15) is 0 Å². The van der Waals surface area contributed by atoms with E-state index in [0.29, 0.717) is 11.2 Å². The topological polar surface area (TPSA) is 17.1 Å². The van der Waals surface area contributed by atoms with Crippen molar-refractivity contribution in [3.8, 4) is 0 Å². The lowest BCUT2D eigenvalue weighted by atomic mass is 9.75. The minimum atomic E-state index is 0.295. The van der Waals surface area contributed by atoms with Gasteiger partial charge >= 0.3 is 0 Å². The van der Waals surface area contributed by atoms with Crippen molar-refractivity contribution in [2.45, 2.75) is 26.2 Å². The second-order valence-electron chi connectivity index (χ2n) is 3.73. The molecule has 0 aromatic rings. The summed E-state index contributed by atoms with van der Waals surface area (Å²) in [7, 11) is 0. The van der Waals surface area contributed by atoms with Crippen LogP contribution in [-0.4, -0.2) is 5.78 Å².